The second kappa shape index (κ2) is 10.2. The summed E-state index contributed by atoms with van der Waals surface area (Å²) in [5.74, 6) is 2.28. The molecule has 0 aromatic heterocycles. The SMILES string of the molecule is CC/C=C/[P]CCCCCC. The quantitative estimate of drug-likeness (QED) is 0.392. The predicted octanol–water partition coefficient (Wildman–Crippen LogP) is 4.44. The largest absolute Gasteiger partial charge is 0.0840 e. The summed E-state index contributed by atoms with van der Waals surface area (Å²) >= 11 is 0. The molecule has 65 valence electrons. The molecule has 0 aromatic rings. The summed E-state index contributed by atoms with van der Waals surface area (Å²) < 4.78 is 0. The maximum absolute atomic E-state index is 2.28. The first-order valence-corrected chi connectivity index (χ1v) is 5.88. The van der Waals surface area contributed by atoms with E-state index in [0.717, 1.165) is 0 Å². The highest BCUT2D eigenvalue weighted by Gasteiger charge is 1.85. The topological polar surface area (TPSA) is 0 Å². The molecule has 0 rings (SSSR count). The van der Waals surface area contributed by atoms with Crippen LogP contribution in [0, 0.1) is 0 Å². The van der Waals surface area contributed by atoms with E-state index in [9.17, 15) is 0 Å². The van der Waals surface area contributed by atoms with Crippen molar-refractivity contribution in [1.29, 1.82) is 0 Å². The monoisotopic (exact) mass is 171 g/mol. The number of hydrogen-bond acceptors (Lipinski definition) is 0. The molecular weight excluding hydrogens is 151 g/mol. The Balaban J connectivity index is 2.85. The molecule has 0 atom stereocenters. The average molecular weight is 171 g/mol. The Morgan fingerprint density at radius 3 is 2.55 bits per heavy atom. The first-order chi connectivity index (χ1) is 5.41. The zero-order chi connectivity index (χ0) is 8.36. The van der Waals surface area contributed by atoms with Crippen LogP contribution in [-0.4, -0.2) is 6.16 Å². The first kappa shape index (κ1) is 11.2. The fourth-order valence-electron chi connectivity index (χ4n) is 0.884. The van der Waals surface area contributed by atoms with Gasteiger partial charge in [0, 0.05) is 0 Å². The Bertz CT molecular complexity index is 86.9. The standard InChI is InChI=1S/C10H20P/c1-3-5-7-8-10-11-9-6-4-2/h6,9H,3-5,7-8,10H2,1-2H3/b9-6+. The maximum atomic E-state index is 2.28. The van der Waals surface area contributed by atoms with E-state index in [1.165, 1.54) is 46.8 Å². The zero-order valence-corrected chi connectivity index (χ0v) is 8.74. The molecule has 0 unspecified atom stereocenters. The van der Waals surface area contributed by atoms with Gasteiger partial charge in [0.15, 0.2) is 0 Å². The van der Waals surface area contributed by atoms with E-state index < -0.39 is 0 Å². The van der Waals surface area contributed by atoms with Gasteiger partial charge in [-0.1, -0.05) is 53.6 Å². The van der Waals surface area contributed by atoms with Crippen molar-refractivity contribution in [3.8, 4) is 0 Å². The van der Waals surface area contributed by atoms with Crippen LogP contribution in [-0.2, 0) is 0 Å². The number of hydrogen-bond donors (Lipinski definition) is 0. The minimum absolute atomic E-state index is 1.18. The van der Waals surface area contributed by atoms with Crippen LogP contribution in [0.1, 0.15) is 46.0 Å². The van der Waals surface area contributed by atoms with Crippen molar-refractivity contribution in [2.24, 2.45) is 0 Å². The van der Waals surface area contributed by atoms with Gasteiger partial charge >= 0.3 is 0 Å². The molecule has 0 fully saturated rings. The van der Waals surface area contributed by atoms with Gasteiger partial charge in [0.1, 0.15) is 0 Å². The maximum Gasteiger partial charge on any atom is -0.0250 e. The summed E-state index contributed by atoms with van der Waals surface area (Å²) in [5.41, 5.74) is 0. The van der Waals surface area contributed by atoms with Gasteiger partial charge in [-0.05, 0) is 19.0 Å². The molecule has 0 spiro atoms. The van der Waals surface area contributed by atoms with Crippen molar-refractivity contribution in [2.75, 3.05) is 6.16 Å². The molecule has 0 N–H and O–H groups in total. The van der Waals surface area contributed by atoms with Gasteiger partial charge in [0.25, 0.3) is 0 Å². The predicted molar refractivity (Wildman–Crippen MR) is 55.4 cm³/mol. The Labute approximate surface area is 73.2 Å². The summed E-state index contributed by atoms with van der Waals surface area (Å²) in [4.78, 5) is 0. The third-order valence-corrected chi connectivity index (χ3v) is 2.58. The van der Waals surface area contributed by atoms with Crippen molar-refractivity contribution in [2.45, 2.75) is 46.0 Å². The van der Waals surface area contributed by atoms with Gasteiger partial charge in [0.2, 0.25) is 0 Å². The molecule has 0 heterocycles. The summed E-state index contributed by atoms with van der Waals surface area (Å²) in [6, 6.07) is 0. The minimum Gasteiger partial charge on any atom is -0.0840 e. The molecule has 0 aromatic carbocycles. The highest BCUT2D eigenvalue weighted by atomic mass is 31.1. The normalized spacial score (nSPS) is 12.2. The van der Waals surface area contributed by atoms with Gasteiger partial charge in [-0.3, -0.25) is 0 Å². The van der Waals surface area contributed by atoms with E-state index in [2.05, 4.69) is 25.7 Å². The summed E-state index contributed by atoms with van der Waals surface area (Å²) in [7, 11) is 1.51. The number of unbranched alkanes of at least 4 members (excludes halogenated alkanes) is 3. The molecule has 0 aliphatic carbocycles. The van der Waals surface area contributed by atoms with E-state index in [1.807, 2.05) is 0 Å². The van der Waals surface area contributed by atoms with Crippen molar-refractivity contribution in [3.63, 3.8) is 0 Å². The Kier molecular flexibility index (Phi) is 10.3. The van der Waals surface area contributed by atoms with E-state index in [0.29, 0.717) is 0 Å². The van der Waals surface area contributed by atoms with Gasteiger partial charge in [-0.2, -0.15) is 0 Å². The van der Waals surface area contributed by atoms with Gasteiger partial charge in [-0.25, -0.2) is 0 Å². The lowest BCUT2D eigenvalue weighted by atomic mass is 10.2. The zero-order valence-electron chi connectivity index (χ0n) is 7.84. The fraction of sp³-hybridized carbons (Fsp3) is 0.800. The lowest BCUT2D eigenvalue weighted by Gasteiger charge is -1.94. The van der Waals surface area contributed by atoms with Gasteiger partial charge in [-0.15, -0.1) is 0 Å². The first-order valence-electron chi connectivity index (χ1n) is 4.73. The van der Waals surface area contributed by atoms with Crippen LogP contribution in [0.4, 0.5) is 0 Å². The third kappa shape index (κ3) is 10.2. The van der Waals surface area contributed by atoms with Crippen LogP contribution >= 0.6 is 8.58 Å². The summed E-state index contributed by atoms with van der Waals surface area (Å²) in [5, 5.41) is 0. The average Bonchev–Trinajstić information content (AvgIpc) is 2.03. The van der Waals surface area contributed by atoms with E-state index in [4.69, 9.17) is 0 Å². The van der Waals surface area contributed by atoms with Gasteiger partial charge in [0.05, 0.1) is 0 Å². The van der Waals surface area contributed by atoms with E-state index in [1.54, 1.807) is 0 Å². The van der Waals surface area contributed by atoms with E-state index >= 15 is 0 Å². The minimum atomic E-state index is 1.18. The fourth-order valence-corrected chi connectivity index (χ4v) is 1.80. The summed E-state index contributed by atoms with van der Waals surface area (Å²) in [6.07, 6.45) is 10.4. The van der Waals surface area contributed by atoms with Crippen molar-refractivity contribution in [3.05, 3.63) is 11.9 Å². The molecule has 11 heavy (non-hydrogen) atoms. The lowest BCUT2D eigenvalue weighted by Crippen LogP contribution is -1.76. The Morgan fingerprint density at radius 1 is 1.09 bits per heavy atom. The molecule has 1 heteroatoms. The van der Waals surface area contributed by atoms with Crippen LogP contribution < -0.4 is 0 Å². The van der Waals surface area contributed by atoms with Crippen LogP contribution in [0.2, 0.25) is 0 Å². The van der Waals surface area contributed by atoms with Crippen molar-refractivity contribution < 1.29 is 0 Å². The van der Waals surface area contributed by atoms with E-state index in [-0.39, 0.29) is 0 Å². The molecule has 0 amide bonds. The molecule has 1 radical (unpaired) electrons. The molecule has 0 nitrogen and oxygen atoms in total. The molecule has 0 bridgehead atoms. The number of rotatable bonds is 7. The lowest BCUT2D eigenvalue weighted by molar-refractivity contribution is 0.706. The third-order valence-electron chi connectivity index (χ3n) is 1.59. The Morgan fingerprint density at radius 2 is 1.91 bits per heavy atom. The van der Waals surface area contributed by atoms with Crippen molar-refractivity contribution in [1.82, 2.24) is 0 Å². The summed E-state index contributed by atoms with van der Waals surface area (Å²) in [6.45, 7) is 4.44. The smallest absolute Gasteiger partial charge is 0.0250 e. The molecular formula is C10H20P. The molecule has 0 aliphatic rings. The molecule has 0 saturated carbocycles. The van der Waals surface area contributed by atoms with Gasteiger partial charge < -0.3 is 0 Å². The number of allylic oxidation sites excluding steroid dienone is 1. The second-order valence-electron chi connectivity index (χ2n) is 2.76. The Hall–Kier alpha value is 0.170. The van der Waals surface area contributed by atoms with Crippen LogP contribution in [0.15, 0.2) is 11.9 Å². The highest BCUT2D eigenvalue weighted by Crippen LogP contribution is 2.15. The van der Waals surface area contributed by atoms with Crippen LogP contribution in [0.3, 0.4) is 0 Å². The molecule has 0 saturated heterocycles. The van der Waals surface area contributed by atoms with Crippen LogP contribution in [0.25, 0.3) is 0 Å². The van der Waals surface area contributed by atoms with Crippen molar-refractivity contribution >= 4 is 8.58 Å². The van der Waals surface area contributed by atoms with Crippen LogP contribution in [0.5, 0.6) is 0 Å². The second-order valence-corrected chi connectivity index (χ2v) is 3.87. The highest BCUT2D eigenvalue weighted by molar-refractivity contribution is 7.41. The molecule has 0 aliphatic heterocycles.